The second-order valence-electron chi connectivity index (χ2n) is 5.80. The maximum Gasteiger partial charge on any atom is 0.237 e. The molecule has 1 N–H and O–H groups in total. The van der Waals surface area contributed by atoms with E-state index in [2.05, 4.69) is 10.2 Å². The van der Waals surface area contributed by atoms with E-state index < -0.39 is 0 Å². The first kappa shape index (κ1) is 15.0. The molecule has 1 fully saturated rings. The highest BCUT2D eigenvalue weighted by Crippen LogP contribution is 2.20. The van der Waals surface area contributed by atoms with Crippen molar-refractivity contribution in [1.82, 2.24) is 10.2 Å². The van der Waals surface area contributed by atoms with Crippen molar-refractivity contribution in [3.05, 3.63) is 35.9 Å². The first-order valence-corrected chi connectivity index (χ1v) is 7.20. The topological polar surface area (TPSA) is 41.6 Å². The molecular weight excluding hydrogens is 252 g/mol. The van der Waals surface area contributed by atoms with Gasteiger partial charge in [-0.15, -0.1) is 0 Å². The van der Waals surface area contributed by atoms with Gasteiger partial charge in [-0.25, -0.2) is 0 Å². The highest BCUT2D eigenvalue weighted by molar-refractivity contribution is 5.82. The van der Waals surface area contributed by atoms with Crippen molar-refractivity contribution < 1.29 is 9.53 Å². The third-order valence-corrected chi connectivity index (χ3v) is 3.90. The van der Waals surface area contributed by atoms with Gasteiger partial charge in [0.2, 0.25) is 5.91 Å². The standard InChI is InChI=1S/C16H24N2O2/c1-13(18-9-11-20-12-10-18)15(19)17-16(2,3)14-7-5-4-6-8-14/h4-8,13H,9-12H2,1-3H3,(H,17,19). The first-order chi connectivity index (χ1) is 9.50. The van der Waals surface area contributed by atoms with E-state index in [1.165, 1.54) is 0 Å². The van der Waals surface area contributed by atoms with Gasteiger partial charge in [0.25, 0.3) is 0 Å². The van der Waals surface area contributed by atoms with Crippen LogP contribution >= 0.6 is 0 Å². The number of nitrogens with zero attached hydrogens (tertiary/aromatic N) is 1. The molecule has 4 heteroatoms. The summed E-state index contributed by atoms with van der Waals surface area (Å²) in [5.74, 6) is 0.0701. The van der Waals surface area contributed by atoms with E-state index in [-0.39, 0.29) is 17.5 Å². The molecule has 1 aliphatic rings. The fraction of sp³-hybridized carbons (Fsp3) is 0.562. The van der Waals surface area contributed by atoms with Crippen LogP contribution in [0, 0.1) is 0 Å². The van der Waals surface area contributed by atoms with Crippen LogP contribution in [0.5, 0.6) is 0 Å². The lowest BCUT2D eigenvalue weighted by molar-refractivity contribution is -0.129. The number of hydrogen-bond acceptors (Lipinski definition) is 3. The number of benzene rings is 1. The number of carbonyl (C=O) groups is 1. The molecule has 4 nitrogen and oxygen atoms in total. The van der Waals surface area contributed by atoms with Gasteiger partial charge in [0.15, 0.2) is 0 Å². The summed E-state index contributed by atoms with van der Waals surface area (Å²) in [4.78, 5) is 14.6. The van der Waals surface area contributed by atoms with Gasteiger partial charge in [0.05, 0.1) is 24.8 Å². The third-order valence-electron chi connectivity index (χ3n) is 3.90. The number of amides is 1. The van der Waals surface area contributed by atoms with Crippen LogP contribution in [0.4, 0.5) is 0 Å². The molecule has 1 aromatic carbocycles. The van der Waals surface area contributed by atoms with Crippen LogP contribution in [0.15, 0.2) is 30.3 Å². The molecule has 1 aromatic rings. The number of hydrogen-bond donors (Lipinski definition) is 1. The van der Waals surface area contributed by atoms with Gasteiger partial charge in [-0.2, -0.15) is 0 Å². The maximum atomic E-state index is 12.4. The third kappa shape index (κ3) is 3.58. The Balaban J connectivity index is 1.99. The SMILES string of the molecule is CC(C(=O)NC(C)(C)c1ccccc1)N1CCOCC1. The molecule has 1 unspecified atom stereocenters. The van der Waals surface area contributed by atoms with Crippen LogP contribution in [0.2, 0.25) is 0 Å². The minimum atomic E-state index is -0.362. The van der Waals surface area contributed by atoms with Gasteiger partial charge in [-0.05, 0) is 26.3 Å². The molecule has 1 atom stereocenters. The molecular formula is C16H24N2O2. The lowest BCUT2D eigenvalue weighted by atomic mass is 9.94. The number of carbonyl (C=O) groups excluding carboxylic acids is 1. The van der Waals surface area contributed by atoms with E-state index in [0.29, 0.717) is 13.2 Å². The summed E-state index contributed by atoms with van der Waals surface area (Å²) in [6.45, 7) is 9.08. The van der Waals surface area contributed by atoms with Crippen molar-refractivity contribution in [1.29, 1.82) is 0 Å². The molecule has 0 aromatic heterocycles. The van der Waals surface area contributed by atoms with Gasteiger partial charge in [0, 0.05) is 13.1 Å². The minimum Gasteiger partial charge on any atom is -0.379 e. The smallest absolute Gasteiger partial charge is 0.237 e. The van der Waals surface area contributed by atoms with Gasteiger partial charge >= 0.3 is 0 Å². The summed E-state index contributed by atoms with van der Waals surface area (Å²) >= 11 is 0. The summed E-state index contributed by atoms with van der Waals surface area (Å²) in [5, 5.41) is 3.15. The molecule has 0 aliphatic carbocycles. The van der Waals surface area contributed by atoms with E-state index in [0.717, 1.165) is 18.7 Å². The normalized spacial score (nSPS) is 18.6. The van der Waals surface area contributed by atoms with E-state index in [1.807, 2.05) is 51.1 Å². The Hall–Kier alpha value is -1.39. The zero-order valence-electron chi connectivity index (χ0n) is 12.6. The van der Waals surface area contributed by atoms with Crippen molar-refractivity contribution in [2.75, 3.05) is 26.3 Å². The summed E-state index contributed by atoms with van der Waals surface area (Å²) < 4.78 is 5.33. The summed E-state index contributed by atoms with van der Waals surface area (Å²) in [6, 6.07) is 9.93. The molecule has 20 heavy (non-hydrogen) atoms. The number of nitrogens with one attached hydrogen (secondary N) is 1. The molecule has 0 radical (unpaired) electrons. The van der Waals surface area contributed by atoms with Crippen molar-refractivity contribution in [2.45, 2.75) is 32.4 Å². The van der Waals surface area contributed by atoms with E-state index in [9.17, 15) is 4.79 Å². The van der Waals surface area contributed by atoms with Gasteiger partial charge in [-0.3, -0.25) is 9.69 Å². The molecule has 1 amide bonds. The summed E-state index contributed by atoms with van der Waals surface area (Å²) in [5.41, 5.74) is 0.751. The lowest BCUT2D eigenvalue weighted by Crippen LogP contribution is -2.53. The van der Waals surface area contributed by atoms with Gasteiger partial charge < -0.3 is 10.1 Å². The lowest BCUT2D eigenvalue weighted by Gasteiger charge is -2.34. The molecule has 110 valence electrons. The zero-order valence-corrected chi connectivity index (χ0v) is 12.6. The van der Waals surface area contributed by atoms with Crippen molar-refractivity contribution in [2.24, 2.45) is 0 Å². The van der Waals surface area contributed by atoms with Crippen LogP contribution in [0.1, 0.15) is 26.3 Å². The van der Waals surface area contributed by atoms with Crippen molar-refractivity contribution in [3.63, 3.8) is 0 Å². The number of rotatable bonds is 4. The molecule has 0 saturated carbocycles. The van der Waals surface area contributed by atoms with Gasteiger partial charge in [0.1, 0.15) is 0 Å². The maximum absolute atomic E-state index is 12.4. The van der Waals surface area contributed by atoms with Crippen LogP contribution in [0.25, 0.3) is 0 Å². The summed E-state index contributed by atoms with van der Waals surface area (Å²) in [7, 11) is 0. The summed E-state index contributed by atoms with van der Waals surface area (Å²) in [6.07, 6.45) is 0. The minimum absolute atomic E-state index is 0.0701. The molecule has 0 spiro atoms. The monoisotopic (exact) mass is 276 g/mol. The fourth-order valence-corrected chi connectivity index (χ4v) is 2.47. The van der Waals surface area contributed by atoms with Gasteiger partial charge in [-0.1, -0.05) is 30.3 Å². The predicted octanol–water partition coefficient (Wildman–Crippen LogP) is 1.76. The number of ether oxygens (including phenoxy) is 1. The highest BCUT2D eigenvalue weighted by Gasteiger charge is 2.28. The molecule has 1 saturated heterocycles. The highest BCUT2D eigenvalue weighted by atomic mass is 16.5. The van der Waals surface area contributed by atoms with Crippen LogP contribution in [-0.4, -0.2) is 43.2 Å². The zero-order chi connectivity index (χ0) is 14.6. The Morgan fingerprint density at radius 1 is 1.25 bits per heavy atom. The average Bonchev–Trinajstić information content (AvgIpc) is 2.48. The Bertz CT molecular complexity index is 439. The quantitative estimate of drug-likeness (QED) is 0.911. The van der Waals surface area contributed by atoms with E-state index >= 15 is 0 Å². The second-order valence-corrected chi connectivity index (χ2v) is 5.80. The van der Waals surface area contributed by atoms with Crippen molar-refractivity contribution >= 4 is 5.91 Å². The second kappa shape index (κ2) is 6.37. The Morgan fingerprint density at radius 2 is 1.85 bits per heavy atom. The average molecular weight is 276 g/mol. The molecule has 1 aliphatic heterocycles. The van der Waals surface area contributed by atoms with Crippen LogP contribution in [-0.2, 0) is 15.1 Å². The van der Waals surface area contributed by atoms with E-state index in [1.54, 1.807) is 0 Å². The van der Waals surface area contributed by atoms with Crippen LogP contribution in [0.3, 0.4) is 0 Å². The largest absolute Gasteiger partial charge is 0.379 e. The molecule has 0 bridgehead atoms. The Morgan fingerprint density at radius 3 is 2.45 bits per heavy atom. The Labute approximate surface area is 121 Å². The Kier molecular flexibility index (Phi) is 4.78. The first-order valence-electron chi connectivity index (χ1n) is 7.20. The number of morpholine rings is 1. The van der Waals surface area contributed by atoms with E-state index in [4.69, 9.17) is 4.74 Å². The molecule has 1 heterocycles. The van der Waals surface area contributed by atoms with Crippen LogP contribution < -0.4 is 5.32 Å². The molecule has 2 rings (SSSR count). The predicted molar refractivity (Wildman–Crippen MR) is 79.5 cm³/mol. The fourth-order valence-electron chi connectivity index (χ4n) is 2.47. The van der Waals surface area contributed by atoms with Crippen molar-refractivity contribution in [3.8, 4) is 0 Å².